The van der Waals surface area contributed by atoms with Crippen molar-refractivity contribution in [2.75, 3.05) is 18.4 Å². The molecule has 9 heteroatoms. The first-order valence-corrected chi connectivity index (χ1v) is 11.0. The van der Waals surface area contributed by atoms with E-state index in [0.717, 1.165) is 17.5 Å². The van der Waals surface area contributed by atoms with Gasteiger partial charge in [0, 0.05) is 30.2 Å². The van der Waals surface area contributed by atoms with Gasteiger partial charge in [-0.25, -0.2) is 4.79 Å². The van der Waals surface area contributed by atoms with Gasteiger partial charge in [-0.3, -0.25) is 0 Å². The Kier molecular flexibility index (Phi) is 6.50. The summed E-state index contributed by atoms with van der Waals surface area (Å²) >= 11 is 1.94. The Morgan fingerprint density at radius 1 is 1.30 bits per heavy atom. The molecular formula is C21H27F3IN3O2. The predicted octanol–water partition coefficient (Wildman–Crippen LogP) is 5.87. The Balaban J connectivity index is 1.74. The normalized spacial score (nSPS) is 20.5. The third kappa shape index (κ3) is 5.53. The largest absolute Gasteiger partial charge is 0.444 e. The van der Waals surface area contributed by atoms with Crippen molar-refractivity contribution in [2.45, 2.75) is 58.5 Å². The number of carbonyl (C=O) groups is 1. The highest BCUT2D eigenvalue weighted by Crippen LogP contribution is 2.32. The van der Waals surface area contributed by atoms with Crippen molar-refractivity contribution in [1.82, 2.24) is 9.47 Å². The minimum absolute atomic E-state index is 0.109. The molecule has 1 aliphatic heterocycles. The van der Waals surface area contributed by atoms with Crippen LogP contribution in [0.1, 0.15) is 34.1 Å². The van der Waals surface area contributed by atoms with E-state index in [9.17, 15) is 18.0 Å². The molecule has 1 aromatic carbocycles. The van der Waals surface area contributed by atoms with E-state index < -0.39 is 18.3 Å². The summed E-state index contributed by atoms with van der Waals surface area (Å²) in [6, 6.07) is 7.27. The summed E-state index contributed by atoms with van der Waals surface area (Å²) in [5.74, 6) is 0.165. The molecule has 166 valence electrons. The van der Waals surface area contributed by atoms with Gasteiger partial charge in [-0.15, -0.1) is 0 Å². The van der Waals surface area contributed by atoms with E-state index in [-0.39, 0.29) is 18.1 Å². The van der Waals surface area contributed by atoms with Crippen molar-refractivity contribution in [3.05, 3.63) is 28.0 Å². The van der Waals surface area contributed by atoms with Crippen LogP contribution in [0.15, 0.2) is 24.3 Å². The third-order valence-corrected chi connectivity index (χ3v) is 6.02. The minimum Gasteiger partial charge on any atom is -0.444 e. The number of ether oxygens (including phenoxy) is 1. The molecule has 0 saturated carbocycles. The van der Waals surface area contributed by atoms with Crippen LogP contribution in [0.25, 0.3) is 10.9 Å². The fraction of sp³-hybridized carbons (Fsp3) is 0.571. The van der Waals surface area contributed by atoms with Gasteiger partial charge in [0.25, 0.3) is 0 Å². The number of rotatable bonds is 3. The van der Waals surface area contributed by atoms with Gasteiger partial charge in [0.15, 0.2) is 0 Å². The molecule has 0 radical (unpaired) electrons. The molecule has 0 aliphatic carbocycles. The molecule has 2 atom stereocenters. The smallest absolute Gasteiger partial charge is 0.410 e. The van der Waals surface area contributed by atoms with Crippen LogP contribution in [0, 0.1) is 9.62 Å². The molecule has 5 nitrogen and oxygen atoms in total. The Morgan fingerprint density at radius 3 is 2.60 bits per heavy atom. The van der Waals surface area contributed by atoms with Crippen LogP contribution in [0.3, 0.4) is 0 Å². The van der Waals surface area contributed by atoms with Crippen molar-refractivity contribution in [3.8, 4) is 0 Å². The second-order valence-electron chi connectivity index (χ2n) is 8.85. The lowest BCUT2D eigenvalue weighted by Gasteiger charge is -2.38. The van der Waals surface area contributed by atoms with E-state index in [1.54, 1.807) is 23.1 Å². The van der Waals surface area contributed by atoms with Crippen molar-refractivity contribution in [3.63, 3.8) is 0 Å². The van der Waals surface area contributed by atoms with E-state index in [2.05, 4.69) is 12.2 Å². The number of halogens is 4. The van der Waals surface area contributed by atoms with Crippen molar-refractivity contribution in [2.24, 2.45) is 5.92 Å². The van der Waals surface area contributed by atoms with E-state index in [1.807, 2.05) is 49.4 Å². The summed E-state index contributed by atoms with van der Waals surface area (Å²) in [7, 11) is 0. The number of piperidine rings is 1. The second kappa shape index (κ2) is 8.47. The quantitative estimate of drug-likeness (QED) is 0.499. The monoisotopic (exact) mass is 537 g/mol. The summed E-state index contributed by atoms with van der Waals surface area (Å²) < 4.78 is 46.2. The number of anilines is 1. The number of alkyl halides is 3. The maximum atomic E-state index is 13.0. The van der Waals surface area contributed by atoms with Crippen LogP contribution in [0.2, 0.25) is 0 Å². The number of amides is 1. The van der Waals surface area contributed by atoms with Crippen LogP contribution in [-0.2, 0) is 11.3 Å². The highest BCUT2D eigenvalue weighted by molar-refractivity contribution is 14.1. The molecular weight excluding hydrogens is 510 g/mol. The molecule has 1 amide bonds. The molecule has 2 unspecified atom stereocenters. The molecule has 2 aromatic rings. The van der Waals surface area contributed by atoms with Gasteiger partial charge in [-0.2, -0.15) is 13.2 Å². The lowest BCUT2D eigenvalue weighted by Crippen LogP contribution is -2.49. The number of likely N-dealkylation sites (tertiary alicyclic amines) is 1. The summed E-state index contributed by atoms with van der Waals surface area (Å²) in [5.41, 5.74) is 0.834. The number of fused-ring (bicyclic) bond motifs is 1. The van der Waals surface area contributed by atoms with Gasteiger partial charge in [-0.05, 0) is 73.9 Å². The number of nitrogens with zero attached hydrogens (tertiary/aromatic N) is 2. The Labute approximate surface area is 188 Å². The number of carbonyl (C=O) groups excluding carboxylic acids is 1. The molecule has 1 N–H and O–H groups in total. The molecule has 0 bridgehead atoms. The predicted molar refractivity (Wildman–Crippen MR) is 120 cm³/mol. The summed E-state index contributed by atoms with van der Waals surface area (Å²) in [6.07, 6.45) is -3.86. The third-order valence-electron chi connectivity index (χ3n) is 5.13. The lowest BCUT2D eigenvalue weighted by molar-refractivity contribution is -0.140. The molecule has 2 heterocycles. The van der Waals surface area contributed by atoms with Crippen LogP contribution in [0.4, 0.5) is 23.7 Å². The van der Waals surface area contributed by atoms with Crippen molar-refractivity contribution >= 4 is 45.3 Å². The topological polar surface area (TPSA) is 46.5 Å². The highest BCUT2D eigenvalue weighted by atomic mass is 127. The van der Waals surface area contributed by atoms with Crippen LogP contribution < -0.4 is 5.32 Å². The number of nitrogens with one attached hydrogen (secondary N) is 1. The molecule has 3 rings (SSSR count). The van der Waals surface area contributed by atoms with Gasteiger partial charge in [0.2, 0.25) is 0 Å². The van der Waals surface area contributed by atoms with Crippen molar-refractivity contribution < 1.29 is 22.7 Å². The van der Waals surface area contributed by atoms with E-state index in [4.69, 9.17) is 4.74 Å². The van der Waals surface area contributed by atoms with Gasteiger partial charge in [0.05, 0.1) is 9.22 Å². The zero-order chi connectivity index (χ0) is 22.3. The molecule has 30 heavy (non-hydrogen) atoms. The Morgan fingerprint density at radius 2 is 2.00 bits per heavy atom. The van der Waals surface area contributed by atoms with Gasteiger partial charge < -0.3 is 19.5 Å². The first-order valence-electron chi connectivity index (χ1n) is 9.93. The molecule has 0 spiro atoms. The van der Waals surface area contributed by atoms with Gasteiger partial charge in [0.1, 0.15) is 12.1 Å². The number of hydrogen-bond acceptors (Lipinski definition) is 3. The molecule has 1 fully saturated rings. The summed E-state index contributed by atoms with van der Waals surface area (Å²) in [6.45, 7) is 7.71. The molecule has 1 aliphatic rings. The first-order chi connectivity index (χ1) is 13.8. The number of hydrogen-bond donors (Lipinski definition) is 1. The number of benzene rings is 1. The maximum Gasteiger partial charge on any atom is 0.410 e. The van der Waals surface area contributed by atoms with Crippen LogP contribution in [-0.4, -0.2) is 46.5 Å². The zero-order valence-corrected chi connectivity index (χ0v) is 19.7. The van der Waals surface area contributed by atoms with E-state index >= 15 is 0 Å². The standard InChI is InChI=1S/C21H27F3IN3O2/c1-13-11-27(19(29)30-20(2,3)4)9-8-15(13)26-16-6-5-7-17-14(16)10-18(25)28(17)12-21(22,23)24/h5-7,10,13,15,26H,8-9,11-12H2,1-4H3. The van der Waals surface area contributed by atoms with Crippen LogP contribution >= 0.6 is 22.6 Å². The fourth-order valence-electron chi connectivity index (χ4n) is 3.77. The minimum atomic E-state index is -4.28. The van der Waals surface area contributed by atoms with E-state index in [0.29, 0.717) is 22.3 Å². The Hall–Kier alpha value is -1.65. The molecule has 1 saturated heterocycles. The average Bonchev–Trinajstić information content (AvgIpc) is 2.90. The van der Waals surface area contributed by atoms with Crippen molar-refractivity contribution in [1.29, 1.82) is 0 Å². The van der Waals surface area contributed by atoms with Crippen LogP contribution in [0.5, 0.6) is 0 Å². The highest BCUT2D eigenvalue weighted by Gasteiger charge is 2.32. The second-order valence-corrected chi connectivity index (χ2v) is 9.96. The molecule has 1 aromatic heterocycles. The SMILES string of the molecule is CC1CN(C(=O)OC(C)(C)C)CCC1Nc1cccc2c1cc(I)n2CC(F)(F)F. The summed E-state index contributed by atoms with van der Waals surface area (Å²) in [4.78, 5) is 14.1. The van der Waals surface area contributed by atoms with Gasteiger partial charge in [-0.1, -0.05) is 13.0 Å². The maximum absolute atomic E-state index is 13.0. The zero-order valence-electron chi connectivity index (χ0n) is 17.5. The Bertz CT molecular complexity index is 921. The first kappa shape index (κ1) is 23.0. The van der Waals surface area contributed by atoms with E-state index in [1.165, 1.54) is 4.57 Å². The summed E-state index contributed by atoms with van der Waals surface area (Å²) in [5, 5.41) is 4.28. The fourth-order valence-corrected chi connectivity index (χ4v) is 4.51. The average molecular weight is 537 g/mol. The number of aromatic nitrogens is 1. The lowest BCUT2D eigenvalue weighted by atomic mass is 9.93. The van der Waals surface area contributed by atoms with Gasteiger partial charge >= 0.3 is 12.3 Å².